The summed E-state index contributed by atoms with van der Waals surface area (Å²) in [5, 5.41) is 14.2. The fraction of sp³-hybridized carbons (Fsp3) is 0.296. The summed E-state index contributed by atoms with van der Waals surface area (Å²) in [6.45, 7) is 0.439. The third kappa shape index (κ3) is 4.03. The lowest BCUT2D eigenvalue weighted by atomic mass is 9.82. The Balaban J connectivity index is 1.30. The van der Waals surface area contributed by atoms with Crippen LogP contribution in [0.15, 0.2) is 72.8 Å². The molecule has 1 aromatic heterocycles. The predicted molar refractivity (Wildman–Crippen MR) is 122 cm³/mol. The van der Waals surface area contributed by atoms with E-state index in [9.17, 15) is 5.11 Å². The molecule has 1 aliphatic carbocycles. The Morgan fingerprint density at radius 1 is 0.833 bits per heavy atom. The van der Waals surface area contributed by atoms with Crippen LogP contribution in [0.5, 0.6) is 5.75 Å². The van der Waals surface area contributed by atoms with Crippen LogP contribution in [-0.2, 0) is 6.61 Å². The lowest BCUT2D eigenvalue weighted by Crippen LogP contribution is -2.15. The Labute approximate surface area is 177 Å². The van der Waals surface area contributed by atoms with Crippen LogP contribution in [0.4, 0.5) is 0 Å². The number of fused-ring (bicyclic) bond motifs is 2. The van der Waals surface area contributed by atoms with Crippen LogP contribution in [-0.4, -0.2) is 10.1 Å². The molecule has 1 unspecified atom stereocenters. The minimum absolute atomic E-state index is 0.357. The highest BCUT2D eigenvalue weighted by Crippen LogP contribution is 2.35. The summed E-state index contributed by atoms with van der Waals surface area (Å²) in [5.41, 5.74) is 2.93. The number of hydrogen-bond donors (Lipinski definition) is 1. The molecule has 3 heteroatoms. The molecule has 5 rings (SSSR count). The molecule has 0 bridgehead atoms. The first-order valence-electron chi connectivity index (χ1n) is 11.0. The second kappa shape index (κ2) is 8.45. The number of benzene rings is 3. The molecule has 1 fully saturated rings. The predicted octanol–water partition coefficient (Wildman–Crippen LogP) is 6.58. The van der Waals surface area contributed by atoms with Crippen molar-refractivity contribution in [3.05, 3.63) is 84.1 Å². The highest BCUT2D eigenvalue weighted by atomic mass is 16.5. The Kier molecular flexibility index (Phi) is 5.37. The molecule has 0 saturated heterocycles. The van der Waals surface area contributed by atoms with Crippen molar-refractivity contribution in [2.75, 3.05) is 0 Å². The maximum atomic E-state index is 10.8. The van der Waals surface area contributed by atoms with Crippen LogP contribution in [0.2, 0.25) is 0 Å². The normalized spacial score (nSPS) is 16.0. The number of aliphatic hydroxyl groups excluding tert-OH is 1. The number of ether oxygens (including phenoxy) is 1. The molecule has 1 aliphatic rings. The number of aliphatic hydroxyl groups is 1. The zero-order chi connectivity index (χ0) is 20.3. The lowest BCUT2D eigenvalue weighted by Gasteiger charge is -2.27. The summed E-state index contributed by atoms with van der Waals surface area (Å²) in [5.74, 6) is 1.23. The van der Waals surface area contributed by atoms with Gasteiger partial charge >= 0.3 is 0 Å². The summed E-state index contributed by atoms with van der Waals surface area (Å²) in [6.07, 6.45) is 5.69. The van der Waals surface area contributed by atoms with Crippen LogP contribution in [0.3, 0.4) is 0 Å². The molecular weight excluding hydrogens is 370 g/mol. The second-order valence-electron chi connectivity index (χ2n) is 8.40. The third-order valence-corrected chi connectivity index (χ3v) is 6.32. The van der Waals surface area contributed by atoms with E-state index in [4.69, 9.17) is 4.74 Å². The standard InChI is InChI=1S/C27H27NO2/c29-27(20-7-2-1-3-8-20)23-11-10-22-17-25(15-13-21(22)16-23)30-18-24-14-12-19-6-4-5-9-26(19)28-24/h4-6,9-17,20,27,29H,1-3,7-8,18H2. The van der Waals surface area contributed by atoms with Crippen molar-refractivity contribution in [3.8, 4) is 5.75 Å². The van der Waals surface area contributed by atoms with Gasteiger partial charge in [-0.15, -0.1) is 0 Å². The number of nitrogens with zero attached hydrogens (tertiary/aromatic N) is 1. The van der Waals surface area contributed by atoms with Crippen molar-refractivity contribution < 1.29 is 9.84 Å². The highest BCUT2D eigenvalue weighted by Gasteiger charge is 2.23. The molecule has 0 aliphatic heterocycles. The fourth-order valence-corrected chi connectivity index (χ4v) is 4.58. The van der Waals surface area contributed by atoms with Crippen LogP contribution >= 0.6 is 0 Å². The smallest absolute Gasteiger partial charge is 0.130 e. The molecule has 1 atom stereocenters. The van der Waals surface area contributed by atoms with E-state index in [0.29, 0.717) is 12.5 Å². The van der Waals surface area contributed by atoms with Crippen LogP contribution in [0.1, 0.15) is 49.5 Å². The first-order valence-corrected chi connectivity index (χ1v) is 11.0. The Morgan fingerprint density at radius 3 is 2.50 bits per heavy atom. The van der Waals surface area contributed by atoms with Gasteiger partial charge < -0.3 is 9.84 Å². The van der Waals surface area contributed by atoms with Gasteiger partial charge in [0.1, 0.15) is 12.4 Å². The van der Waals surface area contributed by atoms with Crippen molar-refractivity contribution in [1.82, 2.24) is 4.98 Å². The summed E-state index contributed by atoms with van der Waals surface area (Å²) < 4.78 is 6.01. The van der Waals surface area contributed by atoms with Gasteiger partial charge in [0, 0.05) is 5.39 Å². The molecule has 152 valence electrons. The van der Waals surface area contributed by atoms with E-state index in [0.717, 1.165) is 51.5 Å². The first-order chi connectivity index (χ1) is 14.8. The minimum atomic E-state index is -0.357. The van der Waals surface area contributed by atoms with Crippen molar-refractivity contribution in [2.45, 2.75) is 44.8 Å². The summed E-state index contributed by atoms with van der Waals surface area (Å²) in [6, 6.07) is 24.6. The molecule has 1 N–H and O–H groups in total. The van der Waals surface area contributed by atoms with Gasteiger partial charge in [-0.25, -0.2) is 4.98 Å². The van der Waals surface area contributed by atoms with Crippen LogP contribution < -0.4 is 4.74 Å². The van der Waals surface area contributed by atoms with E-state index in [1.165, 1.54) is 19.3 Å². The maximum Gasteiger partial charge on any atom is 0.130 e. The Morgan fingerprint density at radius 2 is 1.60 bits per heavy atom. The number of para-hydroxylation sites is 1. The van der Waals surface area contributed by atoms with Crippen molar-refractivity contribution in [1.29, 1.82) is 0 Å². The average molecular weight is 398 g/mol. The van der Waals surface area contributed by atoms with E-state index in [-0.39, 0.29) is 6.10 Å². The zero-order valence-corrected chi connectivity index (χ0v) is 17.1. The number of hydrogen-bond acceptors (Lipinski definition) is 3. The molecule has 0 radical (unpaired) electrons. The van der Waals surface area contributed by atoms with E-state index in [1.54, 1.807) is 0 Å². The number of pyridine rings is 1. The number of rotatable bonds is 5. The van der Waals surface area contributed by atoms with Gasteiger partial charge in [-0.3, -0.25) is 0 Å². The van der Waals surface area contributed by atoms with Gasteiger partial charge in [0.2, 0.25) is 0 Å². The molecule has 30 heavy (non-hydrogen) atoms. The zero-order valence-electron chi connectivity index (χ0n) is 17.1. The van der Waals surface area contributed by atoms with Crippen molar-refractivity contribution >= 4 is 21.7 Å². The van der Waals surface area contributed by atoms with Crippen LogP contribution in [0, 0.1) is 5.92 Å². The summed E-state index contributed by atoms with van der Waals surface area (Å²) >= 11 is 0. The van der Waals surface area contributed by atoms with E-state index >= 15 is 0 Å². The quantitative estimate of drug-likeness (QED) is 0.413. The van der Waals surface area contributed by atoms with Crippen molar-refractivity contribution in [2.24, 2.45) is 5.92 Å². The molecule has 3 nitrogen and oxygen atoms in total. The van der Waals surface area contributed by atoms with Gasteiger partial charge in [0.25, 0.3) is 0 Å². The van der Waals surface area contributed by atoms with Gasteiger partial charge in [-0.1, -0.05) is 61.7 Å². The highest BCUT2D eigenvalue weighted by molar-refractivity contribution is 5.84. The van der Waals surface area contributed by atoms with Gasteiger partial charge in [0.05, 0.1) is 17.3 Å². The van der Waals surface area contributed by atoms with Crippen molar-refractivity contribution in [3.63, 3.8) is 0 Å². The fourth-order valence-electron chi connectivity index (χ4n) is 4.58. The van der Waals surface area contributed by atoms with Gasteiger partial charge in [-0.2, -0.15) is 0 Å². The molecule has 4 aromatic rings. The summed E-state index contributed by atoms with van der Waals surface area (Å²) in [7, 11) is 0. The van der Waals surface area contributed by atoms with Gasteiger partial charge in [0.15, 0.2) is 0 Å². The number of aromatic nitrogens is 1. The second-order valence-corrected chi connectivity index (χ2v) is 8.40. The average Bonchev–Trinajstić information content (AvgIpc) is 2.82. The molecule has 0 amide bonds. The maximum absolute atomic E-state index is 10.8. The summed E-state index contributed by atoms with van der Waals surface area (Å²) in [4.78, 5) is 4.68. The third-order valence-electron chi connectivity index (χ3n) is 6.32. The van der Waals surface area contributed by atoms with E-state index in [1.807, 2.05) is 30.3 Å². The monoisotopic (exact) mass is 397 g/mol. The Bertz CT molecular complexity index is 1160. The molecule has 1 saturated carbocycles. The van der Waals surface area contributed by atoms with E-state index in [2.05, 4.69) is 47.4 Å². The lowest BCUT2D eigenvalue weighted by molar-refractivity contribution is 0.0849. The first kappa shape index (κ1) is 19.1. The van der Waals surface area contributed by atoms with Crippen LogP contribution in [0.25, 0.3) is 21.7 Å². The Hall–Kier alpha value is -2.91. The largest absolute Gasteiger partial charge is 0.487 e. The van der Waals surface area contributed by atoms with E-state index < -0.39 is 0 Å². The SMILES string of the molecule is OC(c1ccc2cc(OCc3ccc4ccccc4n3)ccc2c1)C1CCCCC1. The topological polar surface area (TPSA) is 42.4 Å². The molecular formula is C27H27NO2. The minimum Gasteiger partial charge on any atom is -0.487 e. The molecule has 1 heterocycles. The van der Waals surface area contributed by atoms with Gasteiger partial charge in [-0.05, 0) is 65.4 Å². The molecule has 0 spiro atoms. The molecule has 3 aromatic carbocycles.